The van der Waals surface area contributed by atoms with Gasteiger partial charge in [0.1, 0.15) is 12.4 Å². The number of benzene rings is 1. The summed E-state index contributed by atoms with van der Waals surface area (Å²) in [6.45, 7) is -1.44. The molecule has 0 amide bonds. The lowest BCUT2D eigenvalue weighted by Crippen LogP contribution is -2.34. The van der Waals surface area contributed by atoms with E-state index in [1.165, 1.54) is 6.07 Å². The molecule has 0 aliphatic rings. The van der Waals surface area contributed by atoms with Crippen molar-refractivity contribution in [3.63, 3.8) is 0 Å². The normalized spacial score (nSPS) is 11.7. The summed E-state index contributed by atoms with van der Waals surface area (Å²) in [7, 11) is 1.62. The molecule has 1 aromatic carbocycles. The molecule has 0 saturated heterocycles. The smallest absolute Gasteiger partial charge is 0.491 e. The predicted octanol–water partition coefficient (Wildman–Crippen LogP) is 2.48. The second-order valence-corrected chi connectivity index (χ2v) is 4.41. The number of halogens is 3. The molecule has 0 N–H and O–H groups in total. The van der Waals surface area contributed by atoms with Gasteiger partial charge in [0.25, 0.3) is 0 Å². The maximum absolute atomic E-state index is 12.5. The number of methoxy groups -OCH3 is 1. The van der Waals surface area contributed by atoms with Crippen molar-refractivity contribution in [1.82, 2.24) is 0 Å². The van der Waals surface area contributed by atoms with Gasteiger partial charge in [0, 0.05) is 20.3 Å². The summed E-state index contributed by atoms with van der Waals surface area (Å²) < 4.78 is 53.2. The van der Waals surface area contributed by atoms with E-state index in [2.05, 4.69) is 0 Å². The Bertz CT molecular complexity index is 410. The summed E-state index contributed by atoms with van der Waals surface area (Å²) in [5, 5.41) is 0. The molecule has 0 aromatic heterocycles. The molecule has 0 heterocycles. The van der Waals surface area contributed by atoms with Crippen molar-refractivity contribution in [3.8, 4) is 5.75 Å². The minimum absolute atomic E-state index is 0.310. The SMILES string of the molecule is COCCCOCCOc1ccc([B-](F)(F)F)cc1C. The first-order valence-corrected chi connectivity index (χ1v) is 6.45. The third-order valence-corrected chi connectivity index (χ3v) is 2.70. The number of aryl methyl sites for hydroxylation is 1. The third kappa shape index (κ3) is 5.84. The molecule has 0 unspecified atom stereocenters. The van der Waals surface area contributed by atoms with Crippen LogP contribution in [0.4, 0.5) is 12.9 Å². The van der Waals surface area contributed by atoms with Crippen LogP contribution in [0, 0.1) is 6.92 Å². The van der Waals surface area contributed by atoms with E-state index >= 15 is 0 Å². The molecular formula is C13H19BF3O3-. The van der Waals surface area contributed by atoms with Gasteiger partial charge in [0.2, 0.25) is 0 Å². The molecule has 0 bridgehead atoms. The highest BCUT2D eigenvalue weighted by molar-refractivity contribution is 6.73. The fraction of sp³-hybridized carbons (Fsp3) is 0.538. The Labute approximate surface area is 117 Å². The van der Waals surface area contributed by atoms with Gasteiger partial charge in [-0.25, -0.2) is 0 Å². The first kappa shape index (κ1) is 16.8. The van der Waals surface area contributed by atoms with Crippen molar-refractivity contribution >= 4 is 12.4 Å². The zero-order valence-electron chi connectivity index (χ0n) is 11.7. The first-order chi connectivity index (χ1) is 9.45. The Morgan fingerprint density at radius 2 is 1.80 bits per heavy atom. The Morgan fingerprint density at radius 1 is 1.05 bits per heavy atom. The monoisotopic (exact) mass is 291 g/mol. The Balaban J connectivity index is 2.34. The van der Waals surface area contributed by atoms with Gasteiger partial charge in [-0.1, -0.05) is 12.1 Å². The van der Waals surface area contributed by atoms with Crippen molar-refractivity contribution in [3.05, 3.63) is 23.8 Å². The molecule has 0 aliphatic carbocycles. The van der Waals surface area contributed by atoms with Crippen LogP contribution in [0.2, 0.25) is 0 Å². The molecule has 0 aliphatic heterocycles. The largest absolute Gasteiger partial charge is 0.509 e. The van der Waals surface area contributed by atoms with Crippen LogP contribution in [0.1, 0.15) is 12.0 Å². The highest BCUT2D eigenvalue weighted by atomic mass is 19.4. The number of ether oxygens (including phenoxy) is 3. The van der Waals surface area contributed by atoms with Crippen LogP contribution in [0.15, 0.2) is 18.2 Å². The molecule has 1 aromatic rings. The molecule has 0 saturated carbocycles. The minimum Gasteiger partial charge on any atom is -0.491 e. The fourth-order valence-corrected chi connectivity index (χ4v) is 1.66. The number of hydrogen-bond donors (Lipinski definition) is 0. The standard InChI is InChI=1S/C13H19BF3O3/c1-11-10-12(14(15,16)17)4-5-13(11)20-9-8-19-7-3-6-18-2/h4-5,10H,3,6-9H2,1-2H3/q-1. The molecule has 0 spiro atoms. The maximum atomic E-state index is 12.5. The first-order valence-electron chi connectivity index (χ1n) is 6.45. The maximum Gasteiger partial charge on any atom is 0.509 e. The Hall–Kier alpha value is -1.21. The summed E-state index contributed by atoms with van der Waals surface area (Å²) in [4.78, 5) is 0. The van der Waals surface area contributed by atoms with Crippen molar-refractivity contribution in [2.24, 2.45) is 0 Å². The topological polar surface area (TPSA) is 27.7 Å². The van der Waals surface area contributed by atoms with Gasteiger partial charge in [-0.15, -0.1) is 5.46 Å². The van der Waals surface area contributed by atoms with E-state index in [0.29, 0.717) is 37.7 Å². The summed E-state index contributed by atoms with van der Waals surface area (Å²) in [6, 6.07) is 3.50. The highest BCUT2D eigenvalue weighted by Gasteiger charge is 2.25. The van der Waals surface area contributed by atoms with Gasteiger partial charge in [-0.05, 0) is 25.0 Å². The van der Waals surface area contributed by atoms with Crippen LogP contribution in [-0.2, 0) is 9.47 Å². The van der Waals surface area contributed by atoms with Crippen LogP contribution in [0.25, 0.3) is 0 Å². The van der Waals surface area contributed by atoms with Crippen LogP contribution in [0.5, 0.6) is 5.75 Å². The minimum atomic E-state index is -4.96. The van der Waals surface area contributed by atoms with Gasteiger partial charge < -0.3 is 27.2 Å². The Kier molecular flexibility index (Phi) is 6.88. The molecule has 3 nitrogen and oxygen atoms in total. The van der Waals surface area contributed by atoms with Crippen molar-refractivity contribution in [1.29, 1.82) is 0 Å². The Morgan fingerprint density at radius 3 is 2.40 bits per heavy atom. The lowest BCUT2D eigenvalue weighted by Gasteiger charge is -2.17. The lowest BCUT2D eigenvalue weighted by molar-refractivity contribution is 0.0805. The fourth-order valence-electron chi connectivity index (χ4n) is 1.66. The van der Waals surface area contributed by atoms with Gasteiger partial charge in [-0.3, -0.25) is 0 Å². The van der Waals surface area contributed by atoms with E-state index in [1.807, 2.05) is 0 Å². The molecule has 20 heavy (non-hydrogen) atoms. The molecule has 0 atom stereocenters. The van der Waals surface area contributed by atoms with Crippen molar-refractivity contribution in [2.45, 2.75) is 13.3 Å². The van der Waals surface area contributed by atoms with Gasteiger partial charge in [-0.2, -0.15) is 0 Å². The van der Waals surface area contributed by atoms with Gasteiger partial charge >= 0.3 is 6.98 Å². The second kappa shape index (κ2) is 8.16. The zero-order chi connectivity index (χ0) is 15.0. The third-order valence-electron chi connectivity index (χ3n) is 2.70. The van der Waals surface area contributed by atoms with Gasteiger partial charge in [0.05, 0.1) is 6.61 Å². The number of rotatable bonds is 9. The van der Waals surface area contributed by atoms with Crippen molar-refractivity contribution in [2.75, 3.05) is 33.5 Å². The zero-order valence-corrected chi connectivity index (χ0v) is 11.7. The molecule has 0 fully saturated rings. The molecular weight excluding hydrogens is 272 g/mol. The average molecular weight is 291 g/mol. The quantitative estimate of drug-likeness (QED) is 0.517. The highest BCUT2D eigenvalue weighted by Crippen LogP contribution is 2.18. The lowest BCUT2D eigenvalue weighted by atomic mass is 9.79. The number of hydrogen-bond acceptors (Lipinski definition) is 3. The summed E-state index contributed by atoms with van der Waals surface area (Å²) in [5.74, 6) is 0.453. The van der Waals surface area contributed by atoms with E-state index in [-0.39, 0.29) is 0 Å². The summed E-state index contributed by atoms with van der Waals surface area (Å²) in [6.07, 6.45) is 0.803. The van der Waals surface area contributed by atoms with Crippen LogP contribution >= 0.6 is 0 Å². The van der Waals surface area contributed by atoms with Crippen LogP contribution in [0.3, 0.4) is 0 Å². The van der Waals surface area contributed by atoms with Crippen molar-refractivity contribution < 1.29 is 27.2 Å². The molecule has 1 rings (SSSR count). The molecule has 7 heteroatoms. The van der Waals surface area contributed by atoms with E-state index in [9.17, 15) is 12.9 Å². The van der Waals surface area contributed by atoms with E-state index in [1.54, 1.807) is 14.0 Å². The molecule has 0 radical (unpaired) electrons. The van der Waals surface area contributed by atoms with Crippen LogP contribution < -0.4 is 10.2 Å². The van der Waals surface area contributed by atoms with E-state index in [0.717, 1.165) is 18.6 Å². The van der Waals surface area contributed by atoms with E-state index in [4.69, 9.17) is 14.2 Å². The molecule has 114 valence electrons. The van der Waals surface area contributed by atoms with Gasteiger partial charge in [0.15, 0.2) is 0 Å². The summed E-state index contributed by atoms with van der Waals surface area (Å²) in [5.41, 5.74) is -0.133. The average Bonchev–Trinajstić information content (AvgIpc) is 2.38. The summed E-state index contributed by atoms with van der Waals surface area (Å²) >= 11 is 0. The predicted molar refractivity (Wildman–Crippen MR) is 72.7 cm³/mol. The van der Waals surface area contributed by atoms with E-state index < -0.39 is 12.4 Å². The second-order valence-electron chi connectivity index (χ2n) is 4.41. The van der Waals surface area contributed by atoms with Crippen LogP contribution in [-0.4, -0.2) is 40.5 Å².